The molecule has 0 aliphatic rings. The van der Waals surface area contributed by atoms with Gasteiger partial charge in [0.05, 0.1) is 0 Å². The molecule has 3 heteroatoms. The topological polar surface area (TPSA) is 26.0 Å². The van der Waals surface area contributed by atoms with Crippen molar-refractivity contribution < 1.29 is 8.91 Å². The zero-order valence-corrected chi connectivity index (χ0v) is 7.12. The molecule has 0 amide bonds. The average molecular weight is 177 g/mol. The standard InChI is InChI=1S/C10H8FNO/c1-7-2-4-8(5-3-7)9-6-10(11)12-13-9/h2-6H,1H3. The summed E-state index contributed by atoms with van der Waals surface area (Å²) in [6.07, 6.45) is 0. The van der Waals surface area contributed by atoms with Crippen molar-refractivity contribution in [3.8, 4) is 11.3 Å². The van der Waals surface area contributed by atoms with Gasteiger partial charge in [0, 0.05) is 11.6 Å². The molecule has 0 unspecified atom stereocenters. The summed E-state index contributed by atoms with van der Waals surface area (Å²) in [7, 11) is 0. The maximum Gasteiger partial charge on any atom is 0.254 e. The van der Waals surface area contributed by atoms with Crippen molar-refractivity contribution in [3.05, 3.63) is 41.8 Å². The quantitative estimate of drug-likeness (QED) is 0.669. The molecular weight excluding hydrogens is 169 g/mol. The summed E-state index contributed by atoms with van der Waals surface area (Å²) < 4.78 is 17.3. The third kappa shape index (κ3) is 1.59. The minimum Gasteiger partial charge on any atom is -0.353 e. The molecule has 2 nitrogen and oxygen atoms in total. The second-order valence-corrected chi connectivity index (χ2v) is 2.88. The van der Waals surface area contributed by atoms with Crippen LogP contribution in [0.25, 0.3) is 11.3 Å². The lowest BCUT2D eigenvalue weighted by Gasteiger charge is -1.94. The molecule has 0 radical (unpaired) electrons. The van der Waals surface area contributed by atoms with Gasteiger partial charge >= 0.3 is 0 Å². The van der Waals surface area contributed by atoms with Crippen LogP contribution >= 0.6 is 0 Å². The van der Waals surface area contributed by atoms with Crippen LogP contribution in [0.15, 0.2) is 34.9 Å². The largest absolute Gasteiger partial charge is 0.353 e. The number of halogens is 1. The first-order valence-electron chi connectivity index (χ1n) is 3.95. The van der Waals surface area contributed by atoms with Gasteiger partial charge in [-0.05, 0) is 12.1 Å². The number of aromatic nitrogens is 1. The Hall–Kier alpha value is -1.64. The maximum absolute atomic E-state index is 12.5. The Morgan fingerprint density at radius 2 is 1.92 bits per heavy atom. The van der Waals surface area contributed by atoms with Crippen LogP contribution in [-0.2, 0) is 0 Å². The molecule has 0 N–H and O–H groups in total. The summed E-state index contributed by atoms with van der Waals surface area (Å²) in [4.78, 5) is 0. The Morgan fingerprint density at radius 3 is 2.46 bits per heavy atom. The van der Waals surface area contributed by atoms with Crippen molar-refractivity contribution in [2.45, 2.75) is 6.92 Å². The molecule has 0 aliphatic heterocycles. The van der Waals surface area contributed by atoms with Gasteiger partial charge in [-0.25, -0.2) is 0 Å². The minimum absolute atomic E-state index is 0.456. The Kier molecular flexibility index (Phi) is 1.85. The summed E-state index contributed by atoms with van der Waals surface area (Å²) in [6.45, 7) is 1.99. The zero-order valence-electron chi connectivity index (χ0n) is 7.12. The molecule has 66 valence electrons. The van der Waals surface area contributed by atoms with E-state index in [4.69, 9.17) is 4.52 Å². The molecular formula is C10H8FNO. The van der Waals surface area contributed by atoms with Gasteiger partial charge in [-0.15, -0.1) is 0 Å². The summed E-state index contributed by atoms with van der Waals surface area (Å²) in [5, 5.41) is 3.17. The fraction of sp³-hybridized carbons (Fsp3) is 0.100. The average Bonchev–Trinajstić information content (AvgIpc) is 2.53. The van der Waals surface area contributed by atoms with Gasteiger partial charge < -0.3 is 4.52 Å². The number of rotatable bonds is 1. The van der Waals surface area contributed by atoms with Crippen LogP contribution in [0.3, 0.4) is 0 Å². The van der Waals surface area contributed by atoms with E-state index in [0.717, 1.165) is 11.1 Å². The lowest BCUT2D eigenvalue weighted by molar-refractivity contribution is 0.384. The molecule has 13 heavy (non-hydrogen) atoms. The van der Waals surface area contributed by atoms with E-state index in [1.54, 1.807) is 0 Å². The maximum atomic E-state index is 12.5. The molecule has 0 bridgehead atoms. The van der Waals surface area contributed by atoms with Crippen LogP contribution in [0.2, 0.25) is 0 Å². The van der Waals surface area contributed by atoms with E-state index >= 15 is 0 Å². The van der Waals surface area contributed by atoms with Crippen molar-refractivity contribution in [1.29, 1.82) is 0 Å². The van der Waals surface area contributed by atoms with Crippen molar-refractivity contribution in [1.82, 2.24) is 5.16 Å². The van der Waals surface area contributed by atoms with E-state index in [2.05, 4.69) is 5.16 Å². The predicted octanol–water partition coefficient (Wildman–Crippen LogP) is 2.79. The molecule has 0 saturated carbocycles. The van der Waals surface area contributed by atoms with Crippen molar-refractivity contribution in [3.63, 3.8) is 0 Å². The van der Waals surface area contributed by atoms with Gasteiger partial charge in [-0.1, -0.05) is 29.8 Å². The van der Waals surface area contributed by atoms with E-state index < -0.39 is 5.95 Å². The summed E-state index contributed by atoms with van der Waals surface area (Å²) in [6, 6.07) is 8.89. The Bertz CT molecular complexity index is 405. The van der Waals surface area contributed by atoms with Crippen LogP contribution in [0.5, 0.6) is 0 Å². The molecule has 1 aromatic carbocycles. The SMILES string of the molecule is Cc1ccc(-c2cc(F)no2)cc1. The monoisotopic (exact) mass is 177 g/mol. The molecule has 0 aliphatic carbocycles. The molecule has 0 atom stereocenters. The minimum atomic E-state index is -0.587. The van der Waals surface area contributed by atoms with E-state index in [1.807, 2.05) is 31.2 Å². The van der Waals surface area contributed by atoms with Crippen LogP contribution in [-0.4, -0.2) is 5.16 Å². The van der Waals surface area contributed by atoms with Crippen LogP contribution in [0, 0.1) is 12.9 Å². The molecule has 1 aromatic heterocycles. The third-order valence-electron chi connectivity index (χ3n) is 1.82. The predicted molar refractivity (Wildman–Crippen MR) is 46.6 cm³/mol. The highest BCUT2D eigenvalue weighted by Crippen LogP contribution is 2.19. The van der Waals surface area contributed by atoms with E-state index in [-0.39, 0.29) is 0 Å². The second kappa shape index (κ2) is 3.01. The smallest absolute Gasteiger partial charge is 0.254 e. The zero-order chi connectivity index (χ0) is 9.26. The lowest BCUT2D eigenvalue weighted by atomic mass is 10.1. The summed E-state index contributed by atoms with van der Waals surface area (Å²) in [5.74, 6) is -0.131. The Morgan fingerprint density at radius 1 is 1.23 bits per heavy atom. The first kappa shape index (κ1) is 7.98. The van der Waals surface area contributed by atoms with E-state index in [0.29, 0.717) is 5.76 Å². The summed E-state index contributed by atoms with van der Waals surface area (Å²) in [5.41, 5.74) is 1.99. The third-order valence-corrected chi connectivity index (χ3v) is 1.82. The number of hydrogen-bond donors (Lipinski definition) is 0. The second-order valence-electron chi connectivity index (χ2n) is 2.88. The Labute approximate surface area is 75.0 Å². The van der Waals surface area contributed by atoms with Gasteiger partial charge in [0.2, 0.25) is 0 Å². The lowest BCUT2D eigenvalue weighted by Crippen LogP contribution is -1.74. The van der Waals surface area contributed by atoms with Gasteiger partial charge in [0.1, 0.15) is 0 Å². The van der Waals surface area contributed by atoms with Crippen LogP contribution < -0.4 is 0 Å². The first-order valence-corrected chi connectivity index (χ1v) is 3.95. The number of nitrogens with zero attached hydrogens (tertiary/aromatic N) is 1. The molecule has 2 aromatic rings. The van der Waals surface area contributed by atoms with Gasteiger partial charge in [0.25, 0.3) is 5.95 Å². The number of benzene rings is 1. The fourth-order valence-corrected chi connectivity index (χ4v) is 1.11. The van der Waals surface area contributed by atoms with Crippen molar-refractivity contribution in [2.24, 2.45) is 0 Å². The number of hydrogen-bond acceptors (Lipinski definition) is 2. The first-order chi connectivity index (χ1) is 6.25. The normalized spacial score (nSPS) is 10.3. The molecule has 0 fully saturated rings. The highest BCUT2D eigenvalue weighted by atomic mass is 19.1. The van der Waals surface area contributed by atoms with Crippen LogP contribution in [0.4, 0.5) is 4.39 Å². The van der Waals surface area contributed by atoms with Gasteiger partial charge in [0.15, 0.2) is 5.76 Å². The van der Waals surface area contributed by atoms with Crippen molar-refractivity contribution in [2.75, 3.05) is 0 Å². The molecule has 1 heterocycles. The van der Waals surface area contributed by atoms with E-state index in [9.17, 15) is 4.39 Å². The van der Waals surface area contributed by atoms with Gasteiger partial charge in [-0.3, -0.25) is 0 Å². The number of aryl methyl sites for hydroxylation is 1. The Balaban J connectivity index is 2.41. The highest BCUT2D eigenvalue weighted by molar-refractivity contribution is 5.56. The van der Waals surface area contributed by atoms with Crippen LogP contribution in [0.1, 0.15) is 5.56 Å². The van der Waals surface area contributed by atoms with E-state index in [1.165, 1.54) is 6.07 Å². The van der Waals surface area contributed by atoms with Gasteiger partial charge in [-0.2, -0.15) is 4.39 Å². The highest BCUT2D eigenvalue weighted by Gasteiger charge is 2.04. The molecule has 2 rings (SSSR count). The van der Waals surface area contributed by atoms with Crippen molar-refractivity contribution >= 4 is 0 Å². The molecule has 0 spiro atoms. The fourth-order valence-electron chi connectivity index (χ4n) is 1.11. The molecule has 0 saturated heterocycles. The summed E-state index contributed by atoms with van der Waals surface area (Å²) >= 11 is 0.